The molecule has 1 aromatic heterocycles. The molecular formula is C19H17ClN2O. The van der Waals surface area contributed by atoms with Gasteiger partial charge in [-0.25, -0.2) is 4.98 Å². The highest BCUT2D eigenvalue weighted by Gasteiger charge is 2.17. The van der Waals surface area contributed by atoms with Crippen LogP contribution in [-0.4, -0.2) is 16.4 Å². The van der Waals surface area contributed by atoms with E-state index in [1.807, 2.05) is 24.3 Å². The van der Waals surface area contributed by atoms with Crippen molar-refractivity contribution in [2.24, 2.45) is 0 Å². The molecule has 4 rings (SSSR count). The Bertz CT molecular complexity index is 810. The van der Waals surface area contributed by atoms with Crippen LogP contribution in [-0.2, 0) is 19.5 Å². The van der Waals surface area contributed by atoms with E-state index < -0.39 is 0 Å². The van der Waals surface area contributed by atoms with Crippen LogP contribution in [0.3, 0.4) is 0 Å². The van der Waals surface area contributed by atoms with Gasteiger partial charge in [-0.3, -0.25) is 4.90 Å². The number of fused-ring (bicyclic) bond motifs is 1. The lowest BCUT2D eigenvalue weighted by molar-refractivity contribution is 0.242. The highest BCUT2D eigenvalue weighted by molar-refractivity contribution is 6.30. The van der Waals surface area contributed by atoms with E-state index >= 15 is 0 Å². The second kappa shape index (κ2) is 6.19. The Balaban J connectivity index is 1.47. The molecule has 116 valence electrons. The van der Waals surface area contributed by atoms with Crippen LogP contribution in [0.4, 0.5) is 0 Å². The van der Waals surface area contributed by atoms with Gasteiger partial charge < -0.3 is 4.42 Å². The van der Waals surface area contributed by atoms with E-state index in [9.17, 15) is 0 Å². The zero-order chi connectivity index (χ0) is 15.6. The molecule has 1 aliphatic rings. The molecule has 0 spiro atoms. The Morgan fingerprint density at radius 3 is 2.65 bits per heavy atom. The number of halogens is 1. The predicted octanol–water partition coefficient (Wildman–Crippen LogP) is 4.55. The maximum Gasteiger partial charge on any atom is 0.226 e. The second-order valence-corrected chi connectivity index (χ2v) is 6.32. The van der Waals surface area contributed by atoms with Gasteiger partial charge in [-0.05, 0) is 41.8 Å². The Kier molecular flexibility index (Phi) is 3.90. The molecular weight excluding hydrogens is 308 g/mol. The minimum atomic E-state index is 0.647. The lowest BCUT2D eigenvalue weighted by atomic mass is 10.00. The van der Waals surface area contributed by atoms with Crippen LogP contribution in [0.25, 0.3) is 11.5 Å². The van der Waals surface area contributed by atoms with Gasteiger partial charge in [-0.15, -0.1) is 0 Å². The standard InChI is InChI=1S/C19H17ClN2O/c20-17-7-5-15(6-8-17)19-21-18(13-23-19)12-22-10-9-14-3-1-2-4-16(14)11-22/h1-8,13H,9-12H2. The average molecular weight is 325 g/mol. The molecule has 2 aromatic carbocycles. The zero-order valence-corrected chi connectivity index (χ0v) is 13.5. The average Bonchev–Trinajstić information content (AvgIpc) is 3.04. The van der Waals surface area contributed by atoms with E-state index in [4.69, 9.17) is 16.0 Å². The summed E-state index contributed by atoms with van der Waals surface area (Å²) in [5, 5.41) is 0.715. The minimum Gasteiger partial charge on any atom is -0.444 e. The topological polar surface area (TPSA) is 29.3 Å². The lowest BCUT2D eigenvalue weighted by Gasteiger charge is -2.27. The summed E-state index contributed by atoms with van der Waals surface area (Å²) in [4.78, 5) is 7.02. The normalized spacial score (nSPS) is 14.7. The summed E-state index contributed by atoms with van der Waals surface area (Å²) in [6, 6.07) is 16.2. The number of aromatic nitrogens is 1. The van der Waals surface area contributed by atoms with Gasteiger partial charge in [0.25, 0.3) is 0 Å². The van der Waals surface area contributed by atoms with Crippen LogP contribution in [0.5, 0.6) is 0 Å². The van der Waals surface area contributed by atoms with Crippen molar-refractivity contribution >= 4 is 11.6 Å². The van der Waals surface area contributed by atoms with Crippen molar-refractivity contribution in [3.8, 4) is 11.5 Å². The summed E-state index contributed by atoms with van der Waals surface area (Å²) in [6.45, 7) is 2.84. The van der Waals surface area contributed by atoms with Crippen LogP contribution in [0.1, 0.15) is 16.8 Å². The van der Waals surface area contributed by atoms with E-state index in [2.05, 4.69) is 34.1 Å². The van der Waals surface area contributed by atoms with E-state index in [1.54, 1.807) is 6.26 Å². The van der Waals surface area contributed by atoms with Gasteiger partial charge >= 0.3 is 0 Å². The van der Waals surface area contributed by atoms with Crippen LogP contribution < -0.4 is 0 Å². The molecule has 0 fully saturated rings. The van der Waals surface area contributed by atoms with Crippen LogP contribution in [0.2, 0.25) is 5.02 Å². The molecule has 2 heterocycles. The summed E-state index contributed by atoms with van der Waals surface area (Å²) in [5.41, 5.74) is 4.80. The molecule has 0 N–H and O–H groups in total. The van der Waals surface area contributed by atoms with Crippen molar-refractivity contribution in [3.05, 3.63) is 76.6 Å². The third-order valence-corrected chi connectivity index (χ3v) is 4.49. The van der Waals surface area contributed by atoms with Crippen molar-refractivity contribution in [3.63, 3.8) is 0 Å². The van der Waals surface area contributed by atoms with Crippen molar-refractivity contribution in [1.29, 1.82) is 0 Å². The second-order valence-electron chi connectivity index (χ2n) is 5.88. The molecule has 0 saturated heterocycles. The summed E-state index contributed by atoms with van der Waals surface area (Å²) in [6.07, 6.45) is 2.85. The molecule has 0 bridgehead atoms. The Labute approximate surface area is 140 Å². The molecule has 0 amide bonds. The molecule has 0 unspecified atom stereocenters. The summed E-state index contributed by atoms with van der Waals surface area (Å²) < 4.78 is 5.62. The predicted molar refractivity (Wildman–Crippen MR) is 91.2 cm³/mol. The first kappa shape index (κ1) is 14.5. The van der Waals surface area contributed by atoms with Crippen LogP contribution >= 0.6 is 11.6 Å². The van der Waals surface area contributed by atoms with Gasteiger partial charge in [0.2, 0.25) is 5.89 Å². The van der Waals surface area contributed by atoms with Crippen molar-refractivity contribution in [1.82, 2.24) is 9.88 Å². The third kappa shape index (κ3) is 3.16. The first-order valence-electron chi connectivity index (χ1n) is 7.77. The fourth-order valence-electron chi connectivity index (χ4n) is 3.02. The van der Waals surface area contributed by atoms with Crippen molar-refractivity contribution in [2.75, 3.05) is 6.54 Å². The first-order chi connectivity index (χ1) is 11.3. The molecule has 0 radical (unpaired) electrons. The number of oxazole rings is 1. The number of nitrogens with zero attached hydrogens (tertiary/aromatic N) is 2. The van der Waals surface area contributed by atoms with Gasteiger partial charge in [-0.2, -0.15) is 0 Å². The molecule has 0 aliphatic carbocycles. The van der Waals surface area contributed by atoms with Gasteiger partial charge in [0.05, 0.1) is 5.69 Å². The zero-order valence-electron chi connectivity index (χ0n) is 12.7. The smallest absolute Gasteiger partial charge is 0.226 e. The third-order valence-electron chi connectivity index (χ3n) is 4.24. The fourth-order valence-corrected chi connectivity index (χ4v) is 3.15. The van der Waals surface area contributed by atoms with Gasteiger partial charge in [0.15, 0.2) is 0 Å². The van der Waals surface area contributed by atoms with Gasteiger partial charge in [-0.1, -0.05) is 35.9 Å². The molecule has 3 nitrogen and oxygen atoms in total. The highest BCUT2D eigenvalue weighted by Crippen LogP contribution is 2.23. The number of hydrogen-bond donors (Lipinski definition) is 0. The monoisotopic (exact) mass is 324 g/mol. The summed E-state index contributed by atoms with van der Waals surface area (Å²) in [7, 11) is 0. The molecule has 23 heavy (non-hydrogen) atoms. The Morgan fingerprint density at radius 1 is 1.04 bits per heavy atom. The summed E-state index contributed by atoms with van der Waals surface area (Å²) >= 11 is 5.92. The summed E-state index contributed by atoms with van der Waals surface area (Å²) in [5.74, 6) is 0.647. The van der Waals surface area contributed by atoms with Crippen molar-refractivity contribution in [2.45, 2.75) is 19.5 Å². The van der Waals surface area contributed by atoms with E-state index in [0.29, 0.717) is 10.9 Å². The minimum absolute atomic E-state index is 0.647. The largest absolute Gasteiger partial charge is 0.444 e. The van der Waals surface area contributed by atoms with Gasteiger partial charge in [0, 0.05) is 30.2 Å². The highest BCUT2D eigenvalue weighted by atomic mass is 35.5. The Morgan fingerprint density at radius 2 is 1.83 bits per heavy atom. The van der Waals surface area contributed by atoms with E-state index in [-0.39, 0.29) is 0 Å². The first-order valence-corrected chi connectivity index (χ1v) is 8.15. The van der Waals surface area contributed by atoms with E-state index in [1.165, 1.54) is 11.1 Å². The number of benzene rings is 2. The number of rotatable bonds is 3. The molecule has 0 atom stereocenters. The molecule has 4 heteroatoms. The molecule has 3 aromatic rings. The maximum atomic E-state index is 5.92. The van der Waals surface area contributed by atoms with Crippen LogP contribution in [0, 0.1) is 0 Å². The maximum absolute atomic E-state index is 5.92. The van der Waals surface area contributed by atoms with Crippen molar-refractivity contribution < 1.29 is 4.42 Å². The van der Waals surface area contributed by atoms with E-state index in [0.717, 1.165) is 37.3 Å². The molecule has 1 aliphatic heterocycles. The van der Waals surface area contributed by atoms with Gasteiger partial charge in [0.1, 0.15) is 6.26 Å². The quantitative estimate of drug-likeness (QED) is 0.707. The number of hydrogen-bond acceptors (Lipinski definition) is 3. The SMILES string of the molecule is Clc1ccc(-c2nc(CN3CCc4ccccc4C3)co2)cc1. The van der Waals surface area contributed by atoms with Crippen LogP contribution in [0.15, 0.2) is 59.2 Å². The molecule has 0 saturated carbocycles. The lowest BCUT2D eigenvalue weighted by Crippen LogP contribution is -2.30. The Hall–Kier alpha value is -2.10. The fraction of sp³-hybridized carbons (Fsp3) is 0.211.